The Balaban J connectivity index is 2.30. The topological polar surface area (TPSA) is 37.3 Å². The molecule has 0 bridgehead atoms. The van der Waals surface area contributed by atoms with E-state index in [9.17, 15) is 9.90 Å². The molecule has 2 nitrogen and oxygen atoms in total. The third kappa shape index (κ3) is 1.50. The zero-order chi connectivity index (χ0) is 14.6. The van der Waals surface area contributed by atoms with Gasteiger partial charge in [-0.15, -0.1) is 0 Å². The SMILES string of the molecule is C=CC(=O)c1cc2ccc3cccc4ccc(c1O)c2c34. The number of allylic oxidation sites excluding steroid dienone is 1. The molecule has 100 valence electrons. The number of hydrogen-bond donors (Lipinski definition) is 1. The zero-order valence-corrected chi connectivity index (χ0v) is 11.3. The molecule has 0 radical (unpaired) electrons. The molecule has 0 fully saturated rings. The number of ketones is 1. The van der Waals surface area contributed by atoms with Gasteiger partial charge in [-0.1, -0.05) is 43.0 Å². The van der Waals surface area contributed by atoms with E-state index < -0.39 is 0 Å². The van der Waals surface area contributed by atoms with Crippen LogP contribution >= 0.6 is 0 Å². The van der Waals surface area contributed by atoms with E-state index in [0.29, 0.717) is 10.9 Å². The Morgan fingerprint density at radius 1 is 0.952 bits per heavy atom. The van der Waals surface area contributed by atoms with E-state index >= 15 is 0 Å². The number of phenols is 1. The van der Waals surface area contributed by atoms with Crippen LogP contribution in [0.3, 0.4) is 0 Å². The molecule has 0 aliphatic rings. The van der Waals surface area contributed by atoms with Crippen LogP contribution in [0.5, 0.6) is 5.75 Å². The van der Waals surface area contributed by atoms with Crippen molar-refractivity contribution in [2.45, 2.75) is 0 Å². The quantitative estimate of drug-likeness (QED) is 0.327. The first-order valence-corrected chi connectivity index (χ1v) is 6.77. The third-order valence-corrected chi connectivity index (χ3v) is 4.07. The number of carbonyl (C=O) groups is 1. The maximum absolute atomic E-state index is 11.9. The fourth-order valence-corrected chi connectivity index (χ4v) is 3.09. The van der Waals surface area contributed by atoms with Gasteiger partial charge in [0.2, 0.25) is 0 Å². The summed E-state index contributed by atoms with van der Waals surface area (Å²) in [5, 5.41) is 16.5. The molecule has 4 aromatic rings. The van der Waals surface area contributed by atoms with E-state index in [1.807, 2.05) is 30.3 Å². The Morgan fingerprint density at radius 3 is 2.33 bits per heavy atom. The van der Waals surface area contributed by atoms with Gasteiger partial charge in [0.25, 0.3) is 0 Å². The van der Waals surface area contributed by atoms with Crippen LogP contribution in [-0.2, 0) is 0 Å². The average Bonchev–Trinajstić information content (AvgIpc) is 2.53. The zero-order valence-electron chi connectivity index (χ0n) is 11.3. The van der Waals surface area contributed by atoms with Crippen molar-refractivity contribution in [2.75, 3.05) is 0 Å². The average molecular weight is 272 g/mol. The summed E-state index contributed by atoms with van der Waals surface area (Å²) in [5.41, 5.74) is 0.302. The number of rotatable bonds is 2. The van der Waals surface area contributed by atoms with Crippen LogP contribution < -0.4 is 0 Å². The first-order valence-electron chi connectivity index (χ1n) is 6.77. The monoisotopic (exact) mass is 272 g/mol. The number of phenolic OH excluding ortho intramolecular Hbond substituents is 1. The lowest BCUT2D eigenvalue weighted by molar-refractivity contribution is 0.104. The van der Waals surface area contributed by atoms with Crippen LogP contribution in [-0.4, -0.2) is 10.9 Å². The molecule has 21 heavy (non-hydrogen) atoms. The molecule has 0 saturated heterocycles. The van der Waals surface area contributed by atoms with Crippen molar-refractivity contribution >= 4 is 38.1 Å². The molecule has 0 amide bonds. The molecule has 0 unspecified atom stereocenters. The number of carbonyl (C=O) groups excluding carboxylic acids is 1. The number of benzene rings is 4. The van der Waals surface area contributed by atoms with Crippen LogP contribution in [0.2, 0.25) is 0 Å². The molecule has 1 N–H and O–H groups in total. The summed E-state index contributed by atoms with van der Waals surface area (Å²) in [6.07, 6.45) is 1.23. The molecule has 4 aromatic carbocycles. The van der Waals surface area contributed by atoms with Crippen molar-refractivity contribution in [3.63, 3.8) is 0 Å². The molecular formula is C19H12O2. The fourth-order valence-electron chi connectivity index (χ4n) is 3.09. The van der Waals surface area contributed by atoms with Crippen LogP contribution in [0.4, 0.5) is 0 Å². The second kappa shape index (κ2) is 4.06. The maximum atomic E-state index is 11.9. The Morgan fingerprint density at radius 2 is 1.62 bits per heavy atom. The summed E-state index contributed by atoms with van der Waals surface area (Å²) >= 11 is 0. The van der Waals surface area contributed by atoms with Gasteiger partial charge in [-0.2, -0.15) is 0 Å². The predicted molar refractivity (Wildman–Crippen MR) is 86.3 cm³/mol. The lowest BCUT2D eigenvalue weighted by Gasteiger charge is -2.13. The van der Waals surface area contributed by atoms with Crippen LogP contribution in [0.15, 0.2) is 61.2 Å². The summed E-state index contributed by atoms with van der Waals surface area (Å²) in [4.78, 5) is 11.9. The molecule has 2 heteroatoms. The summed E-state index contributed by atoms with van der Waals surface area (Å²) in [6, 6.07) is 15.8. The number of aromatic hydroxyl groups is 1. The van der Waals surface area contributed by atoms with Crippen LogP contribution in [0.25, 0.3) is 32.3 Å². The van der Waals surface area contributed by atoms with Crippen LogP contribution in [0.1, 0.15) is 10.4 Å². The normalized spacial score (nSPS) is 11.4. The van der Waals surface area contributed by atoms with Crippen molar-refractivity contribution in [3.05, 3.63) is 66.7 Å². The fraction of sp³-hybridized carbons (Fsp3) is 0. The lowest BCUT2D eigenvalue weighted by atomic mass is 9.91. The minimum Gasteiger partial charge on any atom is -0.507 e. The minimum absolute atomic E-state index is 0.0330. The largest absolute Gasteiger partial charge is 0.507 e. The smallest absolute Gasteiger partial charge is 0.189 e. The van der Waals surface area contributed by atoms with Crippen LogP contribution in [0, 0.1) is 0 Å². The first-order chi connectivity index (χ1) is 10.2. The molecular weight excluding hydrogens is 260 g/mol. The molecule has 0 atom stereocenters. The van der Waals surface area contributed by atoms with Crippen molar-refractivity contribution in [1.82, 2.24) is 0 Å². The Hall–Kier alpha value is -2.87. The van der Waals surface area contributed by atoms with Gasteiger partial charge in [-0.25, -0.2) is 0 Å². The Kier molecular flexibility index (Phi) is 2.30. The van der Waals surface area contributed by atoms with Gasteiger partial charge in [0, 0.05) is 10.8 Å². The van der Waals surface area contributed by atoms with Gasteiger partial charge in [-0.3, -0.25) is 4.79 Å². The second-order valence-corrected chi connectivity index (χ2v) is 5.20. The van der Waals surface area contributed by atoms with Crippen molar-refractivity contribution in [3.8, 4) is 5.75 Å². The maximum Gasteiger partial charge on any atom is 0.189 e. The highest BCUT2D eigenvalue weighted by Crippen LogP contribution is 2.40. The Labute approximate surface area is 121 Å². The molecule has 4 rings (SSSR count). The van der Waals surface area contributed by atoms with E-state index in [4.69, 9.17) is 0 Å². The molecule has 0 spiro atoms. The van der Waals surface area contributed by atoms with Crippen molar-refractivity contribution in [2.24, 2.45) is 0 Å². The molecule has 0 saturated carbocycles. The molecule has 0 heterocycles. The summed E-state index contributed by atoms with van der Waals surface area (Å²) < 4.78 is 0. The third-order valence-electron chi connectivity index (χ3n) is 4.07. The lowest BCUT2D eigenvalue weighted by Crippen LogP contribution is -1.96. The number of hydrogen-bond acceptors (Lipinski definition) is 2. The van der Waals surface area contributed by atoms with Gasteiger partial charge < -0.3 is 5.11 Å². The van der Waals surface area contributed by atoms with Gasteiger partial charge in [-0.05, 0) is 39.8 Å². The van der Waals surface area contributed by atoms with Gasteiger partial charge >= 0.3 is 0 Å². The second-order valence-electron chi connectivity index (χ2n) is 5.20. The van der Waals surface area contributed by atoms with E-state index in [1.54, 1.807) is 6.07 Å². The molecule has 0 aliphatic heterocycles. The van der Waals surface area contributed by atoms with E-state index in [-0.39, 0.29) is 11.5 Å². The Bertz CT molecular complexity index is 1010. The summed E-state index contributed by atoms with van der Waals surface area (Å²) in [5.74, 6) is -0.233. The van der Waals surface area contributed by atoms with E-state index in [0.717, 1.165) is 26.9 Å². The van der Waals surface area contributed by atoms with E-state index in [2.05, 4.69) is 18.7 Å². The van der Waals surface area contributed by atoms with Crippen molar-refractivity contribution in [1.29, 1.82) is 0 Å². The van der Waals surface area contributed by atoms with E-state index in [1.165, 1.54) is 6.08 Å². The van der Waals surface area contributed by atoms with Gasteiger partial charge in [0.1, 0.15) is 5.75 Å². The van der Waals surface area contributed by atoms with Gasteiger partial charge in [0.15, 0.2) is 5.78 Å². The highest BCUT2D eigenvalue weighted by Gasteiger charge is 2.16. The highest BCUT2D eigenvalue weighted by molar-refractivity contribution is 6.26. The van der Waals surface area contributed by atoms with Gasteiger partial charge in [0.05, 0.1) is 5.56 Å². The predicted octanol–water partition coefficient (Wildman–Crippen LogP) is 4.66. The summed E-state index contributed by atoms with van der Waals surface area (Å²) in [6.45, 7) is 3.50. The molecule has 0 aliphatic carbocycles. The van der Waals surface area contributed by atoms with Crippen molar-refractivity contribution < 1.29 is 9.90 Å². The molecule has 0 aromatic heterocycles. The standard InChI is InChI=1S/C19H12O2/c1-2-16(20)15-10-13-7-6-11-4-3-5-12-8-9-14(19(15)21)18(13)17(11)12/h2-10,21H,1H2. The first kappa shape index (κ1) is 11.9. The highest BCUT2D eigenvalue weighted by atomic mass is 16.3. The summed E-state index contributed by atoms with van der Waals surface area (Å²) in [7, 11) is 0. The minimum atomic E-state index is -0.266.